The molecule has 0 aromatic heterocycles. The fourth-order valence-corrected chi connectivity index (χ4v) is 2.58. The molecule has 1 aromatic carbocycles. The fourth-order valence-electron chi connectivity index (χ4n) is 2.58. The third kappa shape index (κ3) is 3.22. The standard InChI is InChI=1S/C15H24N2/c1-12(16)5-4-10-17(2)15-9-8-13-6-3-7-14(13)11-15/h8-9,11-12H,3-7,10,16H2,1-2H3. The molecule has 1 aromatic rings. The summed E-state index contributed by atoms with van der Waals surface area (Å²) in [5.74, 6) is 0. The largest absolute Gasteiger partial charge is 0.375 e. The molecule has 0 fully saturated rings. The Morgan fingerprint density at radius 1 is 1.29 bits per heavy atom. The molecule has 0 aliphatic heterocycles. The van der Waals surface area contributed by atoms with E-state index in [2.05, 4.69) is 37.1 Å². The summed E-state index contributed by atoms with van der Waals surface area (Å²) in [5, 5.41) is 0. The van der Waals surface area contributed by atoms with Crippen molar-refractivity contribution < 1.29 is 0 Å². The Labute approximate surface area is 105 Å². The second-order valence-corrected chi connectivity index (χ2v) is 5.35. The second-order valence-electron chi connectivity index (χ2n) is 5.35. The molecular formula is C15H24N2. The molecule has 1 unspecified atom stereocenters. The van der Waals surface area contributed by atoms with E-state index < -0.39 is 0 Å². The first kappa shape index (κ1) is 12.4. The Morgan fingerprint density at radius 2 is 2.06 bits per heavy atom. The summed E-state index contributed by atoms with van der Waals surface area (Å²) in [5.41, 5.74) is 10.2. The summed E-state index contributed by atoms with van der Waals surface area (Å²) >= 11 is 0. The summed E-state index contributed by atoms with van der Waals surface area (Å²) < 4.78 is 0. The van der Waals surface area contributed by atoms with Gasteiger partial charge in [0, 0.05) is 25.3 Å². The van der Waals surface area contributed by atoms with Crippen LogP contribution in [0.1, 0.15) is 37.3 Å². The maximum atomic E-state index is 5.77. The predicted octanol–water partition coefficient (Wildman–Crippen LogP) is 2.74. The van der Waals surface area contributed by atoms with Crippen LogP contribution in [-0.2, 0) is 12.8 Å². The molecule has 0 bridgehead atoms. The first-order chi connectivity index (χ1) is 8.16. The lowest BCUT2D eigenvalue weighted by atomic mass is 10.1. The van der Waals surface area contributed by atoms with Gasteiger partial charge < -0.3 is 10.6 Å². The quantitative estimate of drug-likeness (QED) is 0.846. The van der Waals surface area contributed by atoms with Crippen LogP contribution in [-0.4, -0.2) is 19.6 Å². The minimum absolute atomic E-state index is 0.323. The van der Waals surface area contributed by atoms with Crippen molar-refractivity contribution in [3.63, 3.8) is 0 Å². The average Bonchev–Trinajstić information content (AvgIpc) is 2.75. The van der Waals surface area contributed by atoms with Crippen LogP contribution >= 0.6 is 0 Å². The van der Waals surface area contributed by atoms with Crippen molar-refractivity contribution in [2.24, 2.45) is 5.73 Å². The molecule has 17 heavy (non-hydrogen) atoms. The number of anilines is 1. The summed E-state index contributed by atoms with van der Waals surface area (Å²) in [4.78, 5) is 2.35. The number of benzene rings is 1. The summed E-state index contributed by atoms with van der Waals surface area (Å²) in [6, 6.07) is 7.26. The normalized spacial score (nSPS) is 15.7. The zero-order chi connectivity index (χ0) is 12.3. The van der Waals surface area contributed by atoms with Gasteiger partial charge in [-0.15, -0.1) is 0 Å². The number of fused-ring (bicyclic) bond motifs is 1. The summed E-state index contributed by atoms with van der Waals surface area (Å²) in [6.07, 6.45) is 6.13. The van der Waals surface area contributed by atoms with Crippen molar-refractivity contribution in [3.05, 3.63) is 29.3 Å². The lowest BCUT2D eigenvalue weighted by Crippen LogP contribution is -2.22. The first-order valence-corrected chi connectivity index (χ1v) is 6.75. The number of rotatable bonds is 5. The van der Waals surface area contributed by atoms with Gasteiger partial charge in [-0.25, -0.2) is 0 Å². The third-order valence-corrected chi connectivity index (χ3v) is 3.68. The van der Waals surface area contributed by atoms with Gasteiger partial charge in [-0.3, -0.25) is 0 Å². The smallest absolute Gasteiger partial charge is 0.0366 e. The molecule has 0 radical (unpaired) electrons. The third-order valence-electron chi connectivity index (χ3n) is 3.68. The van der Waals surface area contributed by atoms with E-state index in [9.17, 15) is 0 Å². The van der Waals surface area contributed by atoms with Crippen LogP contribution < -0.4 is 10.6 Å². The molecule has 0 heterocycles. The van der Waals surface area contributed by atoms with Crippen molar-refractivity contribution in [1.29, 1.82) is 0 Å². The van der Waals surface area contributed by atoms with E-state index in [1.807, 2.05) is 0 Å². The maximum absolute atomic E-state index is 5.77. The Hall–Kier alpha value is -1.02. The Balaban J connectivity index is 1.92. The van der Waals surface area contributed by atoms with E-state index in [0.29, 0.717) is 6.04 Å². The van der Waals surface area contributed by atoms with Gasteiger partial charge in [-0.05, 0) is 62.3 Å². The van der Waals surface area contributed by atoms with Gasteiger partial charge in [0.05, 0.1) is 0 Å². The molecule has 2 heteroatoms. The molecule has 0 amide bonds. The van der Waals surface area contributed by atoms with Crippen molar-refractivity contribution >= 4 is 5.69 Å². The fraction of sp³-hybridized carbons (Fsp3) is 0.600. The van der Waals surface area contributed by atoms with Crippen molar-refractivity contribution in [3.8, 4) is 0 Å². The maximum Gasteiger partial charge on any atom is 0.0366 e. The van der Waals surface area contributed by atoms with E-state index in [-0.39, 0.29) is 0 Å². The molecule has 94 valence electrons. The highest BCUT2D eigenvalue weighted by atomic mass is 15.1. The highest BCUT2D eigenvalue weighted by molar-refractivity contribution is 5.51. The summed E-state index contributed by atoms with van der Waals surface area (Å²) in [6.45, 7) is 3.18. The van der Waals surface area contributed by atoms with Crippen LogP contribution in [0, 0.1) is 0 Å². The van der Waals surface area contributed by atoms with Crippen LogP contribution in [0.25, 0.3) is 0 Å². The van der Waals surface area contributed by atoms with Crippen LogP contribution in [0.5, 0.6) is 0 Å². The van der Waals surface area contributed by atoms with Crippen molar-refractivity contribution in [1.82, 2.24) is 0 Å². The lowest BCUT2D eigenvalue weighted by molar-refractivity contribution is 0.621. The minimum Gasteiger partial charge on any atom is -0.375 e. The first-order valence-electron chi connectivity index (χ1n) is 6.75. The van der Waals surface area contributed by atoms with E-state index in [4.69, 9.17) is 5.73 Å². The lowest BCUT2D eigenvalue weighted by Gasteiger charge is -2.20. The molecule has 1 aliphatic carbocycles. The number of nitrogens with zero attached hydrogens (tertiary/aromatic N) is 1. The number of aryl methyl sites for hydroxylation is 2. The molecule has 0 spiro atoms. The molecule has 2 N–H and O–H groups in total. The zero-order valence-corrected chi connectivity index (χ0v) is 11.1. The average molecular weight is 232 g/mol. The van der Waals surface area contributed by atoms with Crippen molar-refractivity contribution in [2.75, 3.05) is 18.5 Å². The highest BCUT2D eigenvalue weighted by Gasteiger charge is 2.12. The van der Waals surface area contributed by atoms with E-state index in [1.54, 1.807) is 11.1 Å². The Morgan fingerprint density at radius 3 is 2.82 bits per heavy atom. The van der Waals surface area contributed by atoms with Crippen molar-refractivity contribution in [2.45, 2.75) is 45.1 Å². The molecule has 1 aliphatic rings. The second kappa shape index (κ2) is 5.54. The predicted molar refractivity (Wildman–Crippen MR) is 74.6 cm³/mol. The van der Waals surface area contributed by atoms with Crippen LogP contribution in [0.2, 0.25) is 0 Å². The van der Waals surface area contributed by atoms with E-state index >= 15 is 0 Å². The zero-order valence-electron chi connectivity index (χ0n) is 11.1. The Kier molecular flexibility index (Phi) is 4.06. The van der Waals surface area contributed by atoms with E-state index in [0.717, 1.165) is 13.0 Å². The molecule has 2 nitrogen and oxygen atoms in total. The van der Waals surface area contributed by atoms with Crippen LogP contribution in [0.4, 0.5) is 5.69 Å². The van der Waals surface area contributed by atoms with Gasteiger partial charge in [-0.2, -0.15) is 0 Å². The van der Waals surface area contributed by atoms with Gasteiger partial charge in [0.1, 0.15) is 0 Å². The molecular weight excluding hydrogens is 208 g/mol. The molecule has 1 atom stereocenters. The Bertz CT molecular complexity index is 371. The van der Waals surface area contributed by atoms with Crippen LogP contribution in [0.15, 0.2) is 18.2 Å². The van der Waals surface area contributed by atoms with Gasteiger partial charge in [0.15, 0.2) is 0 Å². The van der Waals surface area contributed by atoms with Gasteiger partial charge in [-0.1, -0.05) is 6.07 Å². The molecule has 0 saturated carbocycles. The van der Waals surface area contributed by atoms with Crippen LogP contribution in [0.3, 0.4) is 0 Å². The molecule has 2 rings (SSSR count). The SMILES string of the molecule is CC(N)CCCN(C)c1ccc2c(c1)CCC2. The number of nitrogens with two attached hydrogens (primary N) is 1. The molecule has 0 saturated heterocycles. The highest BCUT2D eigenvalue weighted by Crippen LogP contribution is 2.26. The van der Waals surface area contributed by atoms with Gasteiger partial charge >= 0.3 is 0 Å². The van der Waals surface area contributed by atoms with Gasteiger partial charge in [0.25, 0.3) is 0 Å². The minimum atomic E-state index is 0.323. The number of hydrogen-bond acceptors (Lipinski definition) is 2. The number of hydrogen-bond donors (Lipinski definition) is 1. The summed E-state index contributed by atoms with van der Waals surface area (Å²) in [7, 11) is 2.18. The van der Waals surface area contributed by atoms with E-state index in [1.165, 1.54) is 31.4 Å². The van der Waals surface area contributed by atoms with Gasteiger partial charge in [0.2, 0.25) is 0 Å². The topological polar surface area (TPSA) is 29.3 Å². The monoisotopic (exact) mass is 232 g/mol.